The number of aromatic amines is 1. The van der Waals surface area contributed by atoms with Crippen molar-refractivity contribution in [1.29, 1.82) is 0 Å². The van der Waals surface area contributed by atoms with Crippen LogP contribution in [-0.4, -0.2) is 9.78 Å². The van der Waals surface area contributed by atoms with E-state index in [1.807, 2.05) is 29.1 Å². The first kappa shape index (κ1) is 9.65. The van der Waals surface area contributed by atoms with Crippen molar-refractivity contribution in [2.24, 2.45) is 0 Å². The summed E-state index contributed by atoms with van der Waals surface area (Å²) >= 11 is 0. The van der Waals surface area contributed by atoms with Gasteiger partial charge in [0.25, 0.3) is 5.56 Å². The van der Waals surface area contributed by atoms with E-state index >= 15 is 0 Å². The van der Waals surface area contributed by atoms with Gasteiger partial charge in [-0.15, -0.1) is 0 Å². The minimum atomic E-state index is -0.0151. The molecule has 1 aromatic carbocycles. The molecule has 0 bridgehead atoms. The highest BCUT2D eigenvalue weighted by Gasteiger charge is 2.23. The third-order valence-electron chi connectivity index (χ3n) is 3.57. The molecule has 0 radical (unpaired) electrons. The molecule has 0 saturated carbocycles. The van der Waals surface area contributed by atoms with Crippen LogP contribution in [0.15, 0.2) is 47.4 Å². The SMILES string of the molecule is O=c1[nH]n2c3c1ccc[n+]3Cc1ccccc1C2. The summed E-state index contributed by atoms with van der Waals surface area (Å²) < 4.78 is 4.06. The molecule has 0 amide bonds. The van der Waals surface area contributed by atoms with Crippen molar-refractivity contribution in [1.82, 2.24) is 9.78 Å². The number of H-pyrrole nitrogens is 1. The van der Waals surface area contributed by atoms with Crippen molar-refractivity contribution in [3.05, 3.63) is 64.1 Å². The van der Waals surface area contributed by atoms with Gasteiger partial charge in [0.2, 0.25) is 0 Å². The second kappa shape index (κ2) is 3.32. The zero-order chi connectivity index (χ0) is 12.1. The van der Waals surface area contributed by atoms with Crippen LogP contribution < -0.4 is 10.1 Å². The quantitative estimate of drug-likeness (QED) is 0.457. The molecule has 1 aliphatic rings. The molecule has 3 heterocycles. The third-order valence-corrected chi connectivity index (χ3v) is 3.57. The van der Waals surface area contributed by atoms with Gasteiger partial charge in [0, 0.05) is 11.1 Å². The molecule has 4 heteroatoms. The summed E-state index contributed by atoms with van der Waals surface area (Å²) in [7, 11) is 0. The number of fused-ring (bicyclic) bond motifs is 1. The lowest BCUT2D eigenvalue weighted by Gasteiger charge is -2.02. The molecule has 3 aromatic rings. The Labute approximate surface area is 103 Å². The zero-order valence-corrected chi connectivity index (χ0v) is 9.76. The summed E-state index contributed by atoms with van der Waals surface area (Å²) in [5.41, 5.74) is 3.52. The number of aromatic nitrogens is 3. The Balaban J connectivity index is 2.11. The van der Waals surface area contributed by atoms with Crippen LogP contribution in [0.4, 0.5) is 0 Å². The summed E-state index contributed by atoms with van der Waals surface area (Å²) in [4.78, 5) is 11.9. The van der Waals surface area contributed by atoms with Gasteiger partial charge in [0.1, 0.15) is 18.5 Å². The van der Waals surface area contributed by atoms with Gasteiger partial charge < -0.3 is 0 Å². The summed E-state index contributed by atoms with van der Waals surface area (Å²) in [6.45, 7) is 1.53. The molecule has 0 fully saturated rings. The number of nitrogens with zero attached hydrogens (tertiary/aromatic N) is 2. The van der Waals surface area contributed by atoms with Gasteiger partial charge in [-0.05, 0) is 12.1 Å². The maximum atomic E-state index is 11.9. The lowest BCUT2D eigenvalue weighted by molar-refractivity contribution is -0.664. The maximum absolute atomic E-state index is 11.9. The van der Waals surface area contributed by atoms with Gasteiger partial charge in [-0.2, -0.15) is 9.78 Å². The van der Waals surface area contributed by atoms with Crippen LogP contribution in [0.3, 0.4) is 0 Å². The van der Waals surface area contributed by atoms with Crippen LogP contribution >= 0.6 is 0 Å². The molecule has 18 heavy (non-hydrogen) atoms. The highest BCUT2D eigenvalue weighted by atomic mass is 16.1. The standard InChI is InChI=1S/C14H11N3O/c18-13-12-6-3-7-16-8-10-4-1-2-5-11(10)9-17(15-13)14(12)16/h1-7H,8-9H2/p+1. The smallest absolute Gasteiger partial charge is 0.265 e. The van der Waals surface area contributed by atoms with Crippen molar-refractivity contribution in [2.45, 2.75) is 13.1 Å². The number of nitrogens with one attached hydrogen (secondary N) is 1. The molecule has 0 spiro atoms. The maximum Gasteiger partial charge on any atom is 0.313 e. The van der Waals surface area contributed by atoms with Crippen molar-refractivity contribution in [3.8, 4) is 0 Å². The molecule has 2 aromatic heterocycles. The number of pyridine rings is 1. The Hall–Kier alpha value is -2.36. The van der Waals surface area contributed by atoms with Gasteiger partial charge in [-0.3, -0.25) is 4.79 Å². The fourth-order valence-electron chi connectivity index (χ4n) is 2.72. The van der Waals surface area contributed by atoms with Crippen LogP contribution in [0.5, 0.6) is 0 Å². The van der Waals surface area contributed by atoms with Crippen molar-refractivity contribution in [3.63, 3.8) is 0 Å². The highest BCUT2D eigenvalue weighted by molar-refractivity contribution is 5.71. The molecule has 88 valence electrons. The lowest BCUT2D eigenvalue weighted by atomic mass is 10.1. The Morgan fingerprint density at radius 2 is 1.94 bits per heavy atom. The van der Waals surface area contributed by atoms with E-state index in [1.165, 1.54) is 11.1 Å². The molecule has 4 rings (SSSR count). The third kappa shape index (κ3) is 1.20. The first-order valence-corrected chi connectivity index (χ1v) is 6.01. The molecular formula is C14H12N3O+. The topological polar surface area (TPSA) is 41.7 Å². The highest BCUT2D eigenvalue weighted by Crippen LogP contribution is 2.16. The number of rotatable bonds is 0. The largest absolute Gasteiger partial charge is 0.313 e. The summed E-state index contributed by atoms with van der Waals surface area (Å²) in [5, 5.41) is 3.67. The van der Waals surface area contributed by atoms with Gasteiger partial charge >= 0.3 is 5.65 Å². The Morgan fingerprint density at radius 3 is 2.83 bits per heavy atom. The van der Waals surface area contributed by atoms with Crippen LogP contribution in [0.25, 0.3) is 11.0 Å². The zero-order valence-electron chi connectivity index (χ0n) is 9.76. The van der Waals surface area contributed by atoms with E-state index in [4.69, 9.17) is 0 Å². The second-order valence-corrected chi connectivity index (χ2v) is 4.67. The minimum Gasteiger partial charge on any atom is -0.265 e. The van der Waals surface area contributed by atoms with E-state index in [0.29, 0.717) is 0 Å². The molecule has 0 atom stereocenters. The molecule has 0 unspecified atom stereocenters. The van der Waals surface area contributed by atoms with E-state index in [9.17, 15) is 4.79 Å². The molecule has 0 saturated heterocycles. The lowest BCUT2D eigenvalue weighted by Crippen LogP contribution is -2.35. The van der Waals surface area contributed by atoms with Crippen LogP contribution in [-0.2, 0) is 13.1 Å². The fraction of sp³-hybridized carbons (Fsp3) is 0.143. The molecule has 4 nitrogen and oxygen atoms in total. The number of benzene rings is 1. The van der Waals surface area contributed by atoms with Gasteiger partial charge in [0.05, 0.1) is 6.20 Å². The number of hydrogen-bond donors (Lipinski definition) is 1. The second-order valence-electron chi connectivity index (χ2n) is 4.67. The molecule has 1 aliphatic heterocycles. The molecular weight excluding hydrogens is 226 g/mol. The fourth-order valence-corrected chi connectivity index (χ4v) is 2.72. The predicted molar refractivity (Wildman–Crippen MR) is 67.4 cm³/mol. The average molecular weight is 238 g/mol. The Morgan fingerprint density at radius 1 is 1.11 bits per heavy atom. The van der Waals surface area contributed by atoms with Crippen molar-refractivity contribution >= 4 is 11.0 Å². The minimum absolute atomic E-state index is 0.0151. The first-order valence-electron chi connectivity index (χ1n) is 6.01. The van der Waals surface area contributed by atoms with E-state index in [1.54, 1.807) is 0 Å². The van der Waals surface area contributed by atoms with Crippen molar-refractivity contribution < 1.29 is 4.57 Å². The van der Waals surface area contributed by atoms with Crippen molar-refractivity contribution in [2.75, 3.05) is 0 Å². The van der Waals surface area contributed by atoms with Crippen LogP contribution in [0, 0.1) is 0 Å². The van der Waals surface area contributed by atoms with Gasteiger partial charge in [0.15, 0.2) is 0 Å². The summed E-state index contributed by atoms with van der Waals surface area (Å²) in [6.07, 6.45) is 2.02. The predicted octanol–water partition coefficient (Wildman–Crippen LogP) is 1.03. The van der Waals surface area contributed by atoms with E-state index in [-0.39, 0.29) is 5.56 Å². The van der Waals surface area contributed by atoms with E-state index in [0.717, 1.165) is 24.1 Å². The molecule has 1 N–H and O–H groups in total. The Kier molecular flexibility index (Phi) is 1.78. The monoisotopic (exact) mass is 238 g/mol. The van der Waals surface area contributed by atoms with Crippen LogP contribution in [0.1, 0.15) is 11.1 Å². The normalized spacial score (nSPS) is 13.3. The van der Waals surface area contributed by atoms with Gasteiger partial charge in [-0.1, -0.05) is 24.3 Å². The first-order chi connectivity index (χ1) is 8.83. The summed E-state index contributed by atoms with van der Waals surface area (Å²) in [5.74, 6) is 0. The number of hydrogen-bond acceptors (Lipinski definition) is 1. The molecule has 0 aliphatic carbocycles. The van der Waals surface area contributed by atoms with E-state index < -0.39 is 0 Å². The average Bonchev–Trinajstić information content (AvgIpc) is 2.61. The van der Waals surface area contributed by atoms with Gasteiger partial charge in [-0.25, -0.2) is 4.57 Å². The Bertz CT molecular complexity index is 813. The van der Waals surface area contributed by atoms with E-state index in [2.05, 4.69) is 27.9 Å². The summed E-state index contributed by atoms with van der Waals surface area (Å²) in [6, 6.07) is 12.2. The van der Waals surface area contributed by atoms with Crippen LogP contribution in [0.2, 0.25) is 0 Å².